The van der Waals surface area contributed by atoms with E-state index in [0.717, 1.165) is 0 Å². The molecule has 6 nitrogen and oxygen atoms in total. The lowest BCUT2D eigenvalue weighted by molar-refractivity contribution is 0.0525. The molecule has 0 saturated carbocycles. The summed E-state index contributed by atoms with van der Waals surface area (Å²) >= 11 is 0. The summed E-state index contributed by atoms with van der Waals surface area (Å²) in [6, 6.07) is 7.27. The number of carbonyl (C=O) groups excluding carboxylic acids is 1. The highest BCUT2D eigenvalue weighted by Gasteiger charge is 2.22. The number of benzene rings is 1. The second-order valence-corrected chi connectivity index (χ2v) is 4.31. The first-order valence-electron chi connectivity index (χ1n) is 6.53. The number of aromatic nitrogens is 2. The Kier molecular flexibility index (Phi) is 4.37. The number of hydrogen-bond acceptors (Lipinski definition) is 6. The molecule has 2 aromatic rings. The van der Waals surface area contributed by atoms with Crippen molar-refractivity contribution in [2.24, 2.45) is 0 Å². The summed E-state index contributed by atoms with van der Waals surface area (Å²) in [6.07, 6.45) is 0. The van der Waals surface area contributed by atoms with Gasteiger partial charge in [0.15, 0.2) is 0 Å². The van der Waals surface area contributed by atoms with Gasteiger partial charge in [0.2, 0.25) is 5.95 Å². The first-order valence-corrected chi connectivity index (χ1v) is 6.53. The van der Waals surface area contributed by atoms with Gasteiger partial charge in [-0.1, -0.05) is 12.1 Å². The molecule has 0 amide bonds. The molecule has 110 valence electrons. The third-order valence-corrected chi connectivity index (χ3v) is 2.95. The van der Waals surface area contributed by atoms with E-state index in [-0.39, 0.29) is 12.6 Å². The molecule has 1 heterocycles. The van der Waals surface area contributed by atoms with E-state index < -0.39 is 5.97 Å². The van der Waals surface area contributed by atoms with E-state index in [0.29, 0.717) is 28.3 Å². The van der Waals surface area contributed by atoms with Crippen LogP contribution in [0.15, 0.2) is 24.3 Å². The van der Waals surface area contributed by atoms with Gasteiger partial charge >= 0.3 is 5.97 Å². The molecule has 0 aliphatic rings. The Bertz CT molecular complexity index is 671. The van der Waals surface area contributed by atoms with Crippen LogP contribution < -0.4 is 10.5 Å². The van der Waals surface area contributed by atoms with E-state index in [1.165, 1.54) is 0 Å². The van der Waals surface area contributed by atoms with Crippen molar-refractivity contribution < 1.29 is 14.3 Å². The van der Waals surface area contributed by atoms with Crippen LogP contribution in [-0.4, -0.2) is 29.7 Å². The number of nitrogen functional groups attached to an aromatic ring is 1. The maximum atomic E-state index is 12.2. The molecule has 2 N–H and O–H groups in total. The SMILES string of the molecule is CCOC(=O)c1c(C)nc(N)nc1-c1ccccc1OC. The number of methoxy groups -OCH3 is 1. The molecule has 21 heavy (non-hydrogen) atoms. The van der Waals surface area contributed by atoms with Crippen LogP contribution in [0.3, 0.4) is 0 Å². The van der Waals surface area contributed by atoms with Gasteiger partial charge in [0.25, 0.3) is 0 Å². The van der Waals surface area contributed by atoms with Gasteiger partial charge in [-0.15, -0.1) is 0 Å². The molecule has 0 spiro atoms. The van der Waals surface area contributed by atoms with Crippen molar-refractivity contribution in [1.29, 1.82) is 0 Å². The molecule has 1 aromatic heterocycles. The number of rotatable bonds is 4. The molecular formula is C15H17N3O3. The minimum Gasteiger partial charge on any atom is -0.496 e. The lowest BCUT2D eigenvalue weighted by Gasteiger charge is -2.13. The van der Waals surface area contributed by atoms with E-state index in [1.54, 1.807) is 27.0 Å². The number of ether oxygens (including phenoxy) is 2. The van der Waals surface area contributed by atoms with Gasteiger partial charge in [-0.25, -0.2) is 14.8 Å². The second-order valence-electron chi connectivity index (χ2n) is 4.31. The van der Waals surface area contributed by atoms with E-state index >= 15 is 0 Å². The van der Waals surface area contributed by atoms with Crippen LogP contribution in [-0.2, 0) is 4.74 Å². The Labute approximate surface area is 122 Å². The minimum atomic E-state index is -0.476. The lowest BCUT2D eigenvalue weighted by Crippen LogP contribution is -2.13. The fourth-order valence-electron chi connectivity index (χ4n) is 2.08. The number of nitrogens with two attached hydrogens (primary N) is 1. The average Bonchev–Trinajstić information content (AvgIpc) is 2.46. The third kappa shape index (κ3) is 2.94. The maximum Gasteiger partial charge on any atom is 0.342 e. The quantitative estimate of drug-likeness (QED) is 0.867. The van der Waals surface area contributed by atoms with Gasteiger partial charge in [0.05, 0.1) is 25.1 Å². The number of nitrogens with zero attached hydrogens (tertiary/aromatic N) is 2. The van der Waals surface area contributed by atoms with E-state index in [1.807, 2.05) is 18.2 Å². The molecule has 0 radical (unpaired) electrons. The van der Waals surface area contributed by atoms with E-state index in [2.05, 4.69) is 9.97 Å². The zero-order valence-electron chi connectivity index (χ0n) is 12.2. The topological polar surface area (TPSA) is 87.3 Å². The van der Waals surface area contributed by atoms with Crippen molar-refractivity contribution in [1.82, 2.24) is 9.97 Å². The van der Waals surface area contributed by atoms with Crippen LogP contribution in [0.1, 0.15) is 23.0 Å². The zero-order chi connectivity index (χ0) is 15.4. The molecule has 6 heteroatoms. The largest absolute Gasteiger partial charge is 0.496 e. The van der Waals surface area contributed by atoms with E-state index in [4.69, 9.17) is 15.2 Å². The molecule has 0 bridgehead atoms. The maximum absolute atomic E-state index is 12.2. The van der Waals surface area contributed by atoms with Crippen LogP contribution >= 0.6 is 0 Å². The smallest absolute Gasteiger partial charge is 0.342 e. The minimum absolute atomic E-state index is 0.0986. The first-order chi connectivity index (χ1) is 10.1. The van der Waals surface area contributed by atoms with Crippen molar-refractivity contribution in [3.05, 3.63) is 35.5 Å². The number of carbonyl (C=O) groups is 1. The van der Waals surface area contributed by atoms with Crippen molar-refractivity contribution in [2.75, 3.05) is 19.5 Å². The number of aryl methyl sites for hydroxylation is 1. The Balaban J connectivity index is 2.69. The van der Waals surface area contributed by atoms with Gasteiger partial charge < -0.3 is 15.2 Å². The highest BCUT2D eigenvalue weighted by Crippen LogP contribution is 2.32. The fourth-order valence-corrected chi connectivity index (χ4v) is 2.08. The lowest BCUT2D eigenvalue weighted by atomic mass is 10.0. The molecule has 0 aliphatic heterocycles. The number of hydrogen-bond donors (Lipinski definition) is 1. The molecule has 0 saturated heterocycles. The molecule has 0 atom stereocenters. The summed E-state index contributed by atoms with van der Waals surface area (Å²) in [5, 5.41) is 0. The molecule has 0 aliphatic carbocycles. The zero-order valence-corrected chi connectivity index (χ0v) is 12.2. The first kappa shape index (κ1) is 14.8. The van der Waals surface area contributed by atoms with Crippen LogP contribution in [0.2, 0.25) is 0 Å². The van der Waals surface area contributed by atoms with Crippen LogP contribution in [0.25, 0.3) is 11.3 Å². The Morgan fingerprint density at radius 2 is 2.00 bits per heavy atom. The number of esters is 1. The summed E-state index contributed by atoms with van der Waals surface area (Å²) in [6.45, 7) is 3.71. The summed E-state index contributed by atoms with van der Waals surface area (Å²) in [7, 11) is 1.56. The second kappa shape index (κ2) is 6.21. The van der Waals surface area contributed by atoms with Gasteiger partial charge in [0.1, 0.15) is 11.3 Å². The highest BCUT2D eigenvalue weighted by atomic mass is 16.5. The fraction of sp³-hybridized carbons (Fsp3) is 0.267. The van der Waals surface area contributed by atoms with Crippen molar-refractivity contribution >= 4 is 11.9 Å². The summed E-state index contributed by atoms with van der Waals surface area (Å²) in [5.74, 6) is 0.220. The predicted molar refractivity (Wildman–Crippen MR) is 79.1 cm³/mol. The average molecular weight is 287 g/mol. The Morgan fingerprint density at radius 3 is 2.67 bits per heavy atom. The summed E-state index contributed by atoms with van der Waals surface area (Å²) < 4.78 is 10.4. The summed E-state index contributed by atoms with van der Waals surface area (Å²) in [4.78, 5) is 20.4. The Morgan fingerprint density at radius 1 is 1.29 bits per heavy atom. The molecular weight excluding hydrogens is 270 g/mol. The molecule has 0 unspecified atom stereocenters. The normalized spacial score (nSPS) is 10.2. The van der Waals surface area contributed by atoms with Gasteiger partial charge in [0, 0.05) is 5.56 Å². The molecule has 2 rings (SSSR count). The summed E-state index contributed by atoms with van der Waals surface area (Å²) in [5.41, 5.74) is 7.57. The molecule has 1 aromatic carbocycles. The van der Waals surface area contributed by atoms with Crippen molar-refractivity contribution in [2.45, 2.75) is 13.8 Å². The van der Waals surface area contributed by atoms with Gasteiger partial charge in [-0.2, -0.15) is 0 Å². The standard InChI is InChI=1S/C15H17N3O3/c1-4-21-14(19)12-9(2)17-15(16)18-13(12)10-7-5-6-8-11(10)20-3/h5-8H,4H2,1-3H3,(H2,16,17,18). The van der Waals surface area contributed by atoms with Crippen molar-refractivity contribution in [3.8, 4) is 17.0 Å². The monoisotopic (exact) mass is 287 g/mol. The molecule has 0 fully saturated rings. The van der Waals surface area contributed by atoms with Crippen LogP contribution in [0.4, 0.5) is 5.95 Å². The number of para-hydroxylation sites is 1. The van der Waals surface area contributed by atoms with Crippen LogP contribution in [0.5, 0.6) is 5.75 Å². The predicted octanol–water partition coefficient (Wildman–Crippen LogP) is 2.22. The number of anilines is 1. The third-order valence-electron chi connectivity index (χ3n) is 2.95. The van der Waals surface area contributed by atoms with Gasteiger partial charge in [-0.3, -0.25) is 0 Å². The van der Waals surface area contributed by atoms with E-state index in [9.17, 15) is 4.79 Å². The van der Waals surface area contributed by atoms with Gasteiger partial charge in [-0.05, 0) is 26.0 Å². The highest BCUT2D eigenvalue weighted by molar-refractivity contribution is 5.98. The van der Waals surface area contributed by atoms with Crippen molar-refractivity contribution in [3.63, 3.8) is 0 Å². The van der Waals surface area contributed by atoms with Crippen LogP contribution in [0, 0.1) is 6.92 Å². The Hall–Kier alpha value is -2.63.